The molecule has 32 heavy (non-hydrogen) atoms. The highest BCUT2D eigenvalue weighted by molar-refractivity contribution is 5.94. The van der Waals surface area contributed by atoms with Crippen LogP contribution in [0.3, 0.4) is 0 Å². The van der Waals surface area contributed by atoms with Gasteiger partial charge in [0, 0.05) is 43.0 Å². The molecule has 0 radical (unpaired) electrons. The highest BCUT2D eigenvalue weighted by Gasteiger charge is 2.33. The van der Waals surface area contributed by atoms with E-state index in [0.29, 0.717) is 12.5 Å². The number of nitrogens with two attached hydrogens (primary N) is 1. The van der Waals surface area contributed by atoms with Crippen molar-refractivity contribution in [1.82, 2.24) is 20.0 Å². The van der Waals surface area contributed by atoms with E-state index in [-0.39, 0.29) is 18.0 Å². The maximum atomic E-state index is 12.2. The zero-order chi connectivity index (χ0) is 22.8. The van der Waals surface area contributed by atoms with Crippen LogP contribution in [0.2, 0.25) is 0 Å². The summed E-state index contributed by atoms with van der Waals surface area (Å²) >= 11 is 0. The quantitative estimate of drug-likeness (QED) is 0.657. The molecule has 172 valence electrons. The second-order valence-corrected chi connectivity index (χ2v) is 8.92. The molecule has 9 nitrogen and oxygen atoms in total. The third kappa shape index (κ3) is 4.78. The lowest BCUT2D eigenvalue weighted by molar-refractivity contribution is -0.117. The second-order valence-electron chi connectivity index (χ2n) is 8.92. The van der Waals surface area contributed by atoms with Crippen molar-refractivity contribution >= 4 is 17.7 Å². The van der Waals surface area contributed by atoms with E-state index in [2.05, 4.69) is 15.3 Å². The zero-order valence-corrected chi connectivity index (χ0v) is 18.7. The summed E-state index contributed by atoms with van der Waals surface area (Å²) < 4.78 is 1.94. The van der Waals surface area contributed by atoms with Gasteiger partial charge < -0.3 is 26.0 Å². The van der Waals surface area contributed by atoms with Crippen LogP contribution < -0.4 is 16.0 Å². The summed E-state index contributed by atoms with van der Waals surface area (Å²) in [5.41, 5.74) is 9.48. The molecule has 4 rings (SSSR count). The number of hydrogen-bond donors (Lipinski definition) is 3. The van der Waals surface area contributed by atoms with Crippen LogP contribution in [-0.2, 0) is 11.3 Å². The summed E-state index contributed by atoms with van der Waals surface area (Å²) in [5.74, 6) is -0.0493. The number of hydrogen-bond acceptors (Lipinski definition) is 5. The summed E-state index contributed by atoms with van der Waals surface area (Å²) in [6, 6.07) is 5.73. The van der Waals surface area contributed by atoms with E-state index in [0.717, 1.165) is 61.4 Å². The Bertz CT molecular complexity index is 982. The van der Waals surface area contributed by atoms with Crippen molar-refractivity contribution < 1.29 is 14.7 Å². The molecule has 0 aliphatic carbocycles. The van der Waals surface area contributed by atoms with Crippen molar-refractivity contribution in [1.29, 1.82) is 0 Å². The Hall–Kier alpha value is -2.91. The molecule has 0 bridgehead atoms. The van der Waals surface area contributed by atoms with Crippen molar-refractivity contribution in [2.75, 3.05) is 24.5 Å². The minimum Gasteiger partial charge on any atom is -0.465 e. The summed E-state index contributed by atoms with van der Waals surface area (Å²) in [7, 11) is 0. The van der Waals surface area contributed by atoms with E-state index in [1.807, 2.05) is 42.2 Å². The summed E-state index contributed by atoms with van der Waals surface area (Å²) in [6.45, 7) is 7.29. The average Bonchev–Trinajstić information content (AvgIpc) is 3.21. The number of benzene rings is 1. The first kappa shape index (κ1) is 22.3. The standard InChI is InChI=1S/C23H32N6O3/c1-15-11-21(26-23(31)32)20-12-17(3-4-22(20)29(15)16(2)30)18-13-25-28(14-18)10-9-27-7-5-19(24)6-8-27/h3-4,12-15,19,21,26H,5-11,24H2,1-2H3,(H,31,32)/t15-,21+/m0/s1. The molecule has 1 fully saturated rings. The monoisotopic (exact) mass is 440 g/mol. The molecule has 1 aromatic carbocycles. The zero-order valence-electron chi connectivity index (χ0n) is 18.7. The van der Waals surface area contributed by atoms with Crippen LogP contribution in [0.5, 0.6) is 0 Å². The molecule has 4 N–H and O–H groups in total. The summed E-state index contributed by atoms with van der Waals surface area (Å²) in [5, 5.41) is 16.4. The summed E-state index contributed by atoms with van der Waals surface area (Å²) in [6.07, 6.45) is 5.40. The molecule has 3 heterocycles. The predicted molar refractivity (Wildman–Crippen MR) is 122 cm³/mol. The lowest BCUT2D eigenvalue weighted by atomic mass is 9.89. The predicted octanol–water partition coefficient (Wildman–Crippen LogP) is 2.43. The normalized spacial score (nSPS) is 21.9. The van der Waals surface area contributed by atoms with Crippen LogP contribution in [-0.4, -0.2) is 63.5 Å². The second kappa shape index (κ2) is 9.30. The van der Waals surface area contributed by atoms with Crippen molar-refractivity contribution in [3.63, 3.8) is 0 Å². The number of fused-ring (bicyclic) bond motifs is 1. The van der Waals surface area contributed by atoms with Crippen molar-refractivity contribution in [2.45, 2.75) is 57.8 Å². The lowest BCUT2D eigenvalue weighted by Gasteiger charge is -2.39. The first-order chi connectivity index (χ1) is 15.3. The van der Waals surface area contributed by atoms with Crippen LogP contribution in [0.4, 0.5) is 10.5 Å². The number of anilines is 1. The highest BCUT2D eigenvalue weighted by Crippen LogP contribution is 2.39. The fraction of sp³-hybridized carbons (Fsp3) is 0.522. The molecule has 2 aromatic rings. The Balaban J connectivity index is 1.53. The van der Waals surface area contributed by atoms with E-state index < -0.39 is 6.09 Å². The first-order valence-electron chi connectivity index (χ1n) is 11.3. The number of nitrogens with one attached hydrogen (secondary N) is 1. The topological polar surface area (TPSA) is 117 Å². The van der Waals surface area contributed by atoms with Crippen molar-refractivity contribution in [3.05, 3.63) is 36.2 Å². The Labute approximate surface area is 188 Å². The van der Waals surface area contributed by atoms with Gasteiger partial charge in [-0.3, -0.25) is 9.48 Å². The van der Waals surface area contributed by atoms with Gasteiger partial charge in [0.15, 0.2) is 0 Å². The van der Waals surface area contributed by atoms with Gasteiger partial charge >= 0.3 is 6.09 Å². The molecule has 2 amide bonds. The van der Waals surface area contributed by atoms with Crippen LogP contribution in [0, 0.1) is 0 Å². The fourth-order valence-corrected chi connectivity index (χ4v) is 4.86. The van der Waals surface area contributed by atoms with Crippen LogP contribution >= 0.6 is 0 Å². The van der Waals surface area contributed by atoms with Gasteiger partial charge in [-0.15, -0.1) is 0 Å². The van der Waals surface area contributed by atoms with Crippen LogP contribution in [0.15, 0.2) is 30.6 Å². The molecular weight excluding hydrogens is 408 g/mol. The molecule has 0 spiro atoms. The molecule has 2 aliphatic rings. The van der Waals surface area contributed by atoms with Gasteiger partial charge in [-0.05, 0) is 62.5 Å². The van der Waals surface area contributed by atoms with E-state index in [9.17, 15) is 14.7 Å². The Morgan fingerprint density at radius 2 is 1.97 bits per heavy atom. The number of nitrogens with zero attached hydrogens (tertiary/aromatic N) is 4. The number of rotatable bonds is 5. The SMILES string of the molecule is CC(=O)N1c2ccc(-c3cnn(CCN4CCC(N)CC4)c3)cc2[C@H](NC(=O)O)C[C@@H]1C. The maximum absolute atomic E-state index is 12.2. The first-order valence-corrected chi connectivity index (χ1v) is 11.3. The number of aromatic nitrogens is 2. The maximum Gasteiger partial charge on any atom is 0.405 e. The van der Waals surface area contributed by atoms with Gasteiger partial charge in [-0.25, -0.2) is 4.79 Å². The number of amides is 2. The number of carbonyl (C=O) groups is 2. The fourth-order valence-electron chi connectivity index (χ4n) is 4.86. The van der Waals surface area contributed by atoms with Gasteiger partial charge in [0.05, 0.1) is 18.8 Å². The smallest absolute Gasteiger partial charge is 0.405 e. The number of piperidine rings is 1. The molecule has 1 saturated heterocycles. The average molecular weight is 441 g/mol. The molecule has 0 saturated carbocycles. The Morgan fingerprint density at radius 1 is 1.22 bits per heavy atom. The largest absolute Gasteiger partial charge is 0.465 e. The van der Waals surface area contributed by atoms with Crippen molar-refractivity contribution in [3.8, 4) is 11.1 Å². The molecule has 0 unspecified atom stereocenters. The number of carbonyl (C=O) groups excluding carboxylic acids is 1. The highest BCUT2D eigenvalue weighted by atomic mass is 16.4. The molecule has 9 heteroatoms. The lowest BCUT2D eigenvalue weighted by Crippen LogP contribution is -2.45. The third-order valence-corrected chi connectivity index (χ3v) is 6.56. The van der Waals surface area contributed by atoms with Gasteiger partial charge in [-0.1, -0.05) is 6.07 Å². The van der Waals surface area contributed by atoms with Crippen LogP contribution in [0.1, 0.15) is 44.7 Å². The van der Waals surface area contributed by atoms with Crippen LogP contribution in [0.25, 0.3) is 11.1 Å². The van der Waals surface area contributed by atoms with Gasteiger partial charge in [-0.2, -0.15) is 5.10 Å². The minimum atomic E-state index is -1.07. The number of carboxylic acid groups (broad SMARTS) is 1. The van der Waals surface area contributed by atoms with Gasteiger partial charge in [0.1, 0.15) is 0 Å². The van der Waals surface area contributed by atoms with E-state index in [1.54, 1.807) is 11.8 Å². The minimum absolute atomic E-state index is 0.0493. The molecular formula is C23H32N6O3. The summed E-state index contributed by atoms with van der Waals surface area (Å²) in [4.78, 5) is 27.8. The molecule has 2 atom stereocenters. The Kier molecular flexibility index (Phi) is 6.48. The van der Waals surface area contributed by atoms with E-state index >= 15 is 0 Å². The van der Waals surface area contributed by atoms with Crippen molar-refractivity contribution in [2.24, 2.45) is 5.73 Å². The Morgan fingerprint density at radius 3 is 2.66 bits per heavy atom. The molecule has 2 aliphatic heterocycles. The van der Waals surface area contributed by atoms with Gasteiger partial charge in [0.2, 0.25) is 5.91 Å². The number of likely N-dealkylation sites (tertiary alicyclic amines) is 1. The van der Waals surface area contributed by atoms with E-state index in [4.69, 9.17) is 5.73 Å². The van der Waals surface area contributed by atoms with E-state index in [1.165, 1.54) is 0 Å². The molecule has 1 aromatic heterocycles. The van der Waals surface area contributed by atoms with Gasteiger partial charge in [0.25, 0.3) is 0 Å². The third-order valence-electron chi connectivity index (χ3n) is 6.56.